The lowest BCUT2D eigenvalue weighted by molar-refractivity contribution is -0.137. The highest BCUT2D eigenvalue weighted by molar-refractivity contribution is 7.92. The maximum atomic E-state index is 13.6. The maximum Gasteiger partial charge on any atom is 0.416 e. The number of rotatable bonds is 7. The first-order chi connectivity index (χ1) is 18.2. The van der Waals surface area contributed by atoms with E-state index in [1.165, 1.54) is 30.7 Å². The van der Waals surface area contributed by atoms with Crippen LogP contribution >= 0.6 is 0 Å². The molecular formula is C27H23F3N4O3S. The molecule has 1 aliphatic carbocycles. The number of nitrogens with zero attached hydrogens (tertiary/aromatic N) is 3. The van der Waals surface area contributed by atoms with Crippen molar-refractivity contribution >= 4 is 16.0 Å². The van der Waals surface area contributed by atoms with Crippen LogP contribution < -0.4 is 9.46 Å². The number of fused-ring (bicyclic) bond motifs is 1. The Balaban J connectivity index is 1.52. The number of sulfonamides is 1. The van der Waals surface area contributed by atoms with Gasteiger partial charge in [-0.3, -0.25) is 0 Å². The van der Waals surface area contributed by atoms with Crippen LogP contribution in [0, 0.1) is 0 Å². The van der Waals surface area contributed by atoms with Crippen LogP contribution in [0.2, 0.25) is 0 Å². The van der Waals surface area contributed by atoms with E-state index in [9.17, 15) is 21.6 Å². The minimum Gasteiger partial charge on any atom is -0.478 e. The van der Waals surface area contributed by atoms with E-state index in [1.54, 1.807) is 30.3 Å². The Morgan fingerprint density at radius 1 is 1.00 bits per heavy atom. The molecule has 0 saturated carbocycles. The van der Waals surface area contributed by atoms with Gasteiger partial charge < -0.3 is 4.74 Å². The number of aryl methyl sites for hydroxylation is 1. The van der Waals surface area contributed by atoms with E-state index in [0.29, 0.717) is 42.0 Å². The van der Waals surface area contributed by atoms with Gasteiger partial charge in [-0.2, -0.15) is 13.2 Å². The predicted octanol–water partition coefficient (Wildman–Crippen LogP) is 5.84. The number of alkyl halides is 3. The normalized spacial score (nSPS) is 15.2. The number of nitrogens with one attached hydrogen (secondary N) is 1. The van der Waals surface area contributed by atoms with Crippen molar-refractivity contribution in [3.63, 3.8) is 0 Å². The fraction of sp³-hybridized carbons (Fsp3) is 0.222. The molecule has 0 saturated heterocycles. The Labute approximate surface area is 217 Å². The van der Waals surface area contributed by atoms with Crippen molar-refractivity contribution in [3.05, 3.63) is 95.4 Å². The molecule has 0 bridgehead atoms. The second-order valence-electron chi connectivity index (χ2n) is 8.75. The van der Waals surface area contributed by atoms with E-state index >= 15 is 0 Å². The maximum absolute atomic E-state index is 13.6. The molecule has 1 atom stereocenters. The van der Waals surface area contributed by atoms with Crippen LogP contribution in [0.3, 0.4) is 0 Å². The summed E-state index contributed by atoms with van der Waals surface area (Å²) in [5.41, 5.74) is 2.62. The lowest BCUT2D eigenvalue weighted by Crippen LogP contribution is -2.15. The fourth-order valence-corrected chi connectivity index (χ4v) is 5.68. The number of hydrogen-bond donors (Lipinski definition) is 1. The van der Waals surface area contributed by atoms with Crippen molar-refractivity contribution in [2.75, 3.05) is 11.3 Å². The monoisotopic (exact) mass is 540 g/mol. The van der Waals surface area contributed by atoms with Gasteiger partial charge in [0.15, 0.2) is 0 Å². The van der Waals surface area contributed by atoms with E-state index in [1.807, 2.05) is 6.92 Å². The molecule has 1 N–H and O–H groups in total. The van der Waals surface area contributed by atoms with E-state index in [4.69, 9.17) is 4.74 Å². The molecule has 1 aliphatic rings. The van der Waals surface area contributed by atoms with Gasteiger partial charge in [-0.25, -0.2) is 28.1 Å². The van der Waals surface area contributed by atoms with Crippen LogP contribution in [0.25, 0.3) is 11.1 Å². The molecule has 38 heavy (non-hydrogen) atoms. The predicted molar refractivity (Wildman–Crippen MR) is 135 cm³/mol. The SMILES string of the molecule is CCOc1ccc(-c2cc(C(F)(F)F)ccc2C2CCc3cc(S(=O)(=O)Nc4ncccn4)ccc32)cn1. The summed E-state index contributed by atoms with van der Waals surface area (Å²) in [7, 11) is -3.92. The summed E-state index contributed by atoms with van der Waals surface area (Å²) in [5.74, 6) is 0.138. The van der Waals surface area contributed by atoms with Crippen molar-refractivity contribution in [2.24, 2.45) is 0 Å². The van der Waals surface area contributed by atoms with E-state index in [0.717, 1.165) is 23.3 Å². The molecule has 2 aromatic heterocycles. The lowest BCUT2D eigenvalue weighted by Gasteiger charge is -2.20. The van der Waals surface area contributed by atoms with Crippen molar-refractivity contribution in [2.45, 2.75) is 36.8 Å². The van der Waals surface area contributed by atoms with Gasteiger partial charge in [-0.05, 0) is 78.4 Å². The first-order valence-corrected chi connectivity index (χ1v) is 13.4. The number of aromatic nitrogens is 3. The molecule has 0 fully saturated rings. The average molecular weight is 541 g/mol. The smallest absolute Gasteiger partial charge is 0.416 e. The summed E-state index contributed by atoms with van der Waals surface area (Å²) in [4.78, 5) is 12.1. The molecule has 0 aliphatic heterocycles. The highest BCUT2D eigenvalue weighted by atomic mass is 32.2. The molecular weight excluding hydrogens is 517 g/mol. The lowest BCUT2D eigenvalue weighted by atomic mass is 9.86. The summed E-state index contributed by atoms with van der Waals surface area (Å²) in [6.07, 6.45) is 1.06. The molecule has 5 rings (SSSR count). The Morgan fingerprint density at radius 3 is 2.45 bits per heavy atom. The Kier molecular flexibility index (Phi) is 6.78. The van der Waals surface area contributed by atoms with Gasteiger partial charge in [0, 0.05) is 36.1 Å². The summed E-state index contributed by atoms with van der Waals surface area (Å²) in [5, 5.41) is 0. The molecule has 11 heteroatoms. The minimum atomic E-state index is -4.50. The van der Waals surface area contributed by atoms with Gasteiger partial charge in [0.05, 0.1) is 17.1 Å². The molecule has 196 valence electrons. The van der Waals surface area contributed by atoms with Gasteiger partial charge in [0.1, 0.15) is 0 Å². The van der Waals surface area contributed by atoms with Gasteiger partial charge in [0.2, 0.25) is 11.8 Å². The highest BCUT2D eigenvalue weighted by Gasteiger charge is 2.33. The minimum absolute atomic E-state index is 0.0377. The molecule has 0 radical (unpaired) electrons. The average Bonchev–Trinajstić information content (AvgIpc) is 3.32. The van der Waals surface area contributed by atoms with Crippen LogP contribution in [0.4, 0.5) is 19.1 Å². The Bertz CT molecular complexity index is 1560. The van der Waals surface area contributed by atoms with Gasteiger partial charge >= 0.3 is 6.18 Å². The van der Waals surface area contributed by atoms with Gasteiger partial charge in [0.25, 0.3) is 10.0 Å². The number of benzene rings is 2. The Morgan fingerprint density at radius 2 is 1.76 bits per heavy atom. The van der Waals surface area contributed by atoms with E-state index in [2.05, 4.69) is 19.7 Å². The molecule has 2 aromatic carbocycles. The molecule has 0 spiro atoms. The number of pyridine rings is 1. The van der Waals surface area contributed by atoms with Crippen LogP contribution in [0.15, 0.2) is 78.1 Å². The third-order valence-corrected chi connectivity index (χ3v) is 7.72. The topological polar surface area (TPSA) is 94.1 Å². The third kappa shape index (κ3) is 5.19. The number of ether oxygens (including phenoxy) is 1. The van der Waals surface area contributed by atoms with Crippen molar-refractivity contribution in [1.29, 1.82) is 0 Å². The zero-order valence-corrected chi connectivity index (χ0v) is 21.1. The summed E-state index contributed by atoms with van der Waals surface area (Å²) in [6.45, 7) is 2.24. The standard InChI is InChI=1S/C27H23F3N4O3S/c1-2-37-25-11-5-18(16-33-25)24-15-19(27(28,29)30)6-9-23(24)22-8-4-17-14-20(7-10-21(17)22)38(35,36)34-26-31-12-3-13-32-26/h3,5-7,9-16,22H,2,4,8H2,1H3,(H,31,32,34). The van der Waals surface area contributed by atoms with Gasteiger partial charge in [-0.15, -0.1) is 0 Å². The van der Waals surface area contributed by atoms with Crippen molar-refractivity contribution < 1.29 is 26.3 Å². The van der Waals surface area contributed by atoms with Crippen LogP contribution in [-0.4, -0.2) is 30.0 Å². The molecule has 7 nitrogen and oxygen atoms in total. The van der Waals surface area contributed by atoms with Crippen LogP contribution in [0.5, 0.6) is 5.88 Å². The van der Waals surface area contributed by atoms with Crippen LogP contribution in [0.1, 0.15) is 41.5 Å². The van der Waals surface area contributed by atoms with Crippen LogP contribution in [-0.2, 0) is 22.6 Å². The zero-order valence-electron chi connectivity index (χ0n) is 20.2. The second-order valence-corrected chi connectivity index (χ2v) is 10.4. The molecule has 0 amide bonds. The first kappa shape index (κ1) is 25.7. The summed E-state index contributed by atoms with van der Waals surface area (Å²) >= 11 is 0. The van der Waals surface area contributed by atoms with Gasteiger partial charge in [-0.1, -0.05) is 12.1 Å². The van der Waals surface area contributed by atoms with Crippen molar-refractivity contribution in [1.82, 2.24) is 15.0 Å². The molecule has 4 aromatic rings. The number of anilines is 1. The third-order valence-electron chi connectivity index (χ3n) is 6.39. The van der Waals surface area contributed by atoms with E-state index in [-0.39, 0.29) is 16.8 Å². The largest absolute Gasteiger partial charge is 0.478 e. The quantitative estimate of drug-likeness (QED) is 0.317. The summed E-state index contributed by atoms with van der Waals surface area (Å²) < 4.78 is 74.3. The van der Waals surface area contributed by atoms with Crippen molar-refractivity contribution in [3.8, 4) is 17.0 Å². The first-order valence-electron chi connectivity index (χ1n) is 11.9. The zero-order chi connectivity index (χ0) is 26.9. The highest BCUT2D eigenvalue weighted by Crippen LogP contribution is 2.44. The fourth-order valence-electron chi connectivity index (χ4n) is 4.67. The summed E-state index contributed by atoms with van der Waals surface area (Å²) in [6, 6.07) is 13.5. The van der Waals surface area contributed by atoms with E-state index < -0.39 is 21.8 Å². The number of halogens is 3. The number of hydrogen-bond acceptors (Lipinski definition) is 6. The second kappa shape index (κ2) is 10.1. The molecule has 2 heterocycles. The Hall–Kier alpha value is -3.99. The molecule has 1 unspecified atom stereocenters.